The van der Waals surface area contributed by atoms with E-state index in [2.05, 4.69) is 5.32 Å². The van der Waals surface area contributed by atoms with E-state index in [1.54, 1.807) is 37.4 Å². The Balaban J connectivity index is 1.59. The number of ether oxygens (including phenoxy) is 1. The van der Waals surface area contributed by atoms with Gasteiger partial charge < -0.3 is 15.0 Å². The lowest BCUT2D eigenvalue weighted by molar-refractivity contribution is -0.135. The molecule has 2 aromatic rings. The van der Waals surface area contributed by atoms with Gasteiger partial charge in [0.2, 0.25) is 5.91 Å². The van der Waals surface area contributed by atoms with Gasteiger partial charge >= 0.3 is 6.03 Å². The number of anilines is 1. The van der Waals surface area contributed by atoms with Gasteiger partial charge in [-0.15, -0.1) is 0 Å². The molecule has 0 radical (unpaired) electrons. The number of imide groups is 1. The second-order valence-electron chi connectivity index (χ2n) is 6.61. The summed E-state index contributed by atoms with van der Waals surface area (Å²) < 4.78 is 5.61. The highest BCUT2D eigenvalue weighted by atomic mass is 16.5. The Morgan fingerprint density at radius 2 is 1.85 bits per heavy atom. The van der Waals surface area contributed by atoms with Gasteiger partial charge in [0.15, 0.2) is 5.54 Å². The van der Waals surface area contributed by atoms with E-state index in [4.69, 9.17) is 4.74 Å². The number of amides is 4. The molecule has 4 rings (SSSR count). The van der Waals surface area contributed by atoms with Crippen LogP contribution in [0.15, 0.2) is 54.6 Å². The topological polar surface area (TPSA) is 79.0 Å². The molecule has 0 aromatic heterocycles. The molecule has 0 saturated carbocycles. The smallest absolute Gasteiger partial charge is 0.325 e. The first-order valence-electron chi connectivity index (χ1n) is 8.71. The lowest BCUT2D eigenvalue weighted by atomic mass is 9.84. The minimum absolute atomic E-state index is 0.314. The second-order valence-corrected chi connectivity index (χ2v) is 6.61. The normalized spacial score (nSPS) is 20.9. The highest BCUT2D eigenvalue weighted by Gasteiger charge is 2.55. The predicted molar refractivity (Wildman–Crippen MR) is 98.3 cm³/mol. The summed E-state index contributed by atoms with van der Waals surface area (Å²) in [4.78, 5) is 40.8. The van der Waals surface area contributed by atoms with E-state index in [1.807, 2.05) is 24.3 Å². The Bertz CT molecular complexity index is 914. The molecule has 1 unspecified atom stereocenters. The second kappa shape index (κ2) is 6.42. The number of hydrogen-bond acceptors (Lipinski definition) is 4. The summed E-state index contributed by atoms with van der Waals surface area (Å²) in [5.41, 5.74) is 0.152. The van der Waals surface area contributed by atoms with Crippen LogP contribution in [0.2, 0.25) is 0 Å². The molecule has 7 heteroatoms. The third-order valence-corrected chi connectivity index (χ3v) is 5.07. The summed E-state index contributed by atoms with van der Waals surface area (Å²) in [5, 5.41) is 2.80. The minimum atomic E-state index is -1.17. The van der Waals surface area contributed by atoms with Gasteiger partial charge in [-0.1, -0.05) is 36.4 Å². The predicted octanol–water partition coefficient (Wildman–Crippen LogP) is 1.88. The number of fused-ring (bicyclic) bond motifs is 2. The highest BCUT2D eigenvalue weighted by Crippen LogP contribution is 2.40. The summed E-state index contributed by atoms with van der Waals surface area (Å²) in [6.45, 7) is -0.00439. The van der Waals surface area contributed by atoms with Gasteiger partial charge in [0.1, 0.15) is 12.3 Å². The van der Waals surface area contributed by atoms with E-state index in [0.29, 0.717) is 30.0 Å². The maximum atomic E-state index is 13.2. The monoisotopic (exact) mass is 365 g/mol. The number of nitrogens with one attached hydrogen (secondary N) is 1. The molecule has 0 bridgehead atoms. The molecule has 1 saturated heterocycles. The van der Waals surface area contributed by atoms with Crippen LogP contribution >= 0.6 is 0 Å². The summed E-state index contributed by atoms with van der Waals surface area (Å²) in [6.07, 6.45) is 0.327. The van der Waals surface area contributed by atoms with Crippen molar-refractivity contribution in [3.8, 4) is 5.75 Å². The van der Waals surface area contributed by atoms with Crippen LogP contribution in [0.25, 0.3) is 0 Å². The first kappa shape index (κ1) is 17.1. The van der Waals surface area contributed by atoms with E-state index in [-0.39, 0.29) is 12.5 Å². The number of urea groups is 1. The zero-order valence-electron chi connectivity index (χ0n) is 14.8. The Kier molecular flexibility index (Phi) is 4.07. The van der Waals surface area contributed by atoms with Gasteiger partial charge in [0.05, 0.1) is 6.61 Å². The van der Waals surface area contributed by atoms with Crippen molar-refractivity contribution in [2.45, 2.75) is 12.0 Å². The molecule has 1 spiro atoms. The van der Waals surface area contributed by atoms with Crippen LogP contribution in [0.1, 0.15) is 12.0 Å². The summed E-state index contributed by atoms with van der Waals surface area (Å²) in [7, 11) is 1.62. The van der Waals surface area contributed by atoms with Gasteiger partial charge in [-0.3, -0.25) is 14.5 Å². The van der Waals surface area contributed by atoms with Gasteiger partial charge in [-0.05, 0) is 18.2 Å². The van der Waals surface area contributed by atoms with Crippen LogP contribution in [0, 0.1) is 0 Å². The standard InChI is InChI=1S/C20H19N3O4/c1-22(14-7-3-2-4-8-14)17(24)13-23-18(25)20(21-19(23)26)11-12-27-16-10-6-5-9-15(16)20/h2-10H,11-13H2,1H3,(H,21,26). The van der Waals surface area contributed by atoms with Crippen molar-refractivity contribution in [3.05, 3.63) is 60.2 Å². The lowest BCUT2D eigenvalue weighted by Gasteiger charge is -2.33. The average Bonchev–Trinajstić information content (AvgIpc) is 2.93. The molecule has 1 atom stereocenters. The largest absolute Gasteiger partial charge is 0.493 e. The van der Waals surface area contributed by atoms with Crippen LogP contribution in [-0.4, -0.2) is 42.9 Å². The SMILES string of the molecule is CN(C(=O)CN1C(=O)NC2(CCOc3ccccc32)C1=O)c1ccccc1. The number of nitrogens with zero attached hydrogens (tertiary/aromatic N) is 2. The molecule has 7 nitrogen and oxygen atoms in total. The van der Waals surface area contributed by atoms with Crippen molar-refractivity contribution < 1.29 is 19.1 Å². The molecule has 4 amide bonds. The van der Waals surface area contributed by atoms with E-state index >= 15 is 0 Å². The van der Waals surface area contributed by atoms with E-state index in [9.17, 15) is 14.4 Å². The quantitative estimate of drug-likeness (QED) is 0.843. The van der Waals surface area contributed by atoms with Crippen LogP contribution < -0.4 is 15.0 Å². The van der Waals surface area contributed by atoms with Crippen molar-refractivity contribution in [1.82, 2.24) is 10.2 Å². The Morgan fingerprint density at radius 1 is 1.15 bits per heavy atom. The maximum Gasteiger partial charge on any atom is 0.325 e. The minimum Gasteiger partial charge on any atom is -0.493 e. The van der Waals surface area contributed by atoms with Gasteiger partial charge in [-0.25, -0.2) is 4.79 Å². The number of carbonyl (C=O) groups is 3. The van der Waals surface area contributed by atoms with Crippen LogP contribution in [0.3, 0.4) is 0 Å². The average molecular weight is 365 g/mol. The number of carbonyl (C=O) groups excluding carboxylic acids is 3. The fourth-order valence-corrected chi connectivity index (χ4v) is 3.55. The van der Waals surface area contributed by atoms with Crippen molar-refractivity contribution in [2.75, 3.05) is 25.1 Å². The molecule has 27 heavy (non-hydrogen) atoms. The van der Waals surface area contributed by atoms with Crippen molar-refractivity contribution >= 4 is 23.5 Å². The van der Waals surface area contributed by atoms with Crippen LogP contribution in [0.5, 0.6) is 5.75 Å². The maximum absolute atomic E-state index is 13.2. The molecule has 1 fully saturated rings. The number of benzene rings is 2. The number of hydrogen-bond donors (Lipinski definition) is 1. The van der Waals surface area contributed by atoms with Crippen LogP contribution in [0.4, 0.5) is 10.5 Å². The first-order valence-corrected chi connectivity index (χ1v) is 8.71. The molecular formula is C20H19N3O4. The highest BCUT2D eigenvalue weighted by molar-refractivity contribution is 6.11. The summed E-state index contributed by atoms with van der Waals surface area (Å²) >= 11 is 0. The Hall–Kier alpha value is -3.35. The third kappa shape index (κ3) is 2.71. The zero-order chi connectivity index (χ0) is 19.0. The van der Waals surface area contributed by atoms with Crippen molar-refractivity contribution in [1.29, 1.82) is 0 Å². The summed E-state index contributed by atoms with van der Waals surface area (Å²) in [5.74, 6) is -0.188. The molecule has 2 heterocycles. The zero-order valence-corrected chi connectivity index (χ0v) is 14.8. The Morgan fingerprint density at radius 3 is 2.63 bits per heavy atom. The molecule has 0 aliphatic carbocycles. The van der Waals surface area contributed by atoms with Crippen molar-refractivity contribution in [3.63, 3.8) is 0 Å². The molecule has 138 valence electrons. The van der Waals surface area contributed by atoms with E-state index < -0.39 is 17.5 Å². The lowest BCUT2D eigenvalue weighted by Crippen LogP contribution is -2.48. The fraction of sp³-hybridized carbons (Fsp3) is 0.250. The van der Waals surface area contributed by atoms with Gasteiger partial charge in [0.25, 0.3) is 5.91 Å². The molecule has 2 aliphatic rings. The fourth-order valence-electron chi connectivity index (χ4n) is 3.55. The molecule has 2 aromatic carbocycles. The summed E-state index contributed by atoms with van der Waals surface area (Å²) in [6, 6.07) is 15.7. The van der Waals surface area contributed by atoms with Gasteiger partial charge in [-0.2, -0.15) is 0 Å². The van der Waals surface area contributed by atoms with Crippen LogP contribution in [-0.2, 0) is 15.1 Å². The van der Waals surface area contributed by atoms with Gasteiger partial charge in [0, 0.05) is 24.7 Å². The van der Waals surface area contributed by atoms with E-state index in [1.165, 1.54) is 4.90 Å². The molecule has 2 aliphatic heterocycles. The Labute approximate surface area is 156 Å². The molecule has 1 N–H and O–H groups in total. The first-order chi connectivity index (χ1) is 13.0. The number of para-hydroxylation sites is 2. The van der Waals surface area contributed by atoms with E-state index in [0.717, 1.165) is 4.90 Å². The number of rotatable bonds is 3. The van der Waals surface area contributed by atoms with Crippen molar-refractivity contribution in [2.24, 2.45) is 0 Å². The third-order valence-electron chi connectivity index (χ3n) is 5.07. The number of likely N-dealkylation sites (N-methyl/N-ethyl adjacent to an activating group) is 1. The molecular weight excluding hydrogens is 346 g/mol.